The minimum Gasteiger partial charge on any atom is -0.425 e. The van der Waals surface area contributed by atoms with Crippen LogP contribution < -0.4 is 0 Å². The van der Waals surface area contributed by atoms with Gasteiger partial charge >= 0.3 is 5.97 Å². The molecule has 0 N–H and O–H groups in total. The summed E-state index contributed by atoms with van der Waals surface area (Å²) >= 11 is 0. The van der Waals surface area contributed by atoms with Crippen molar-refractivity contribution in [3.05, 3.63) is 12.7 Å². The van der Waals surface area contributed by atoms with Gasteiger partial charge in [-0.05, 0) is 12.8 Å². The van der Waals surface area contributed by atoms with Crippen molar-refractivity contribution in [2.45, 2.75) is 129 Å². The lowest BCUT2D eigenvalue weighted by Crippen LogP contribution is -2.29. The smallest absolute Gasteiger partial charge is 0.332 e. The molecule has 0 saturated carbocycles. The van der Waals surface area contributed by atoms with Crippen molar-refractivity contribution in [3.63, 3.8) is 0 Å². The molecule has 0 saturated heterocycles. The third-order valence-electron chi connectivity index (χ3n) is 5.01. The zero-order valence-electron chi connectivity index (χ0n) is 17.5. The van der Waals surface area contributed by atoms with E-state index in [0.717, 1.165) is 51.0 Å². The first-order valence-electron chi connectivity index (χ1n) is 11.1. The average molecular weight is 371 g/mol. The van der Waals surface area contributed by atoms with E-state index in [-0.39, 0.29) is 0 Å². The van der Waals surface area contributed by atoms with E-state index in [1.807, 2.05) is 0 Å². The lowest BCUT2D eigenvalue weighted by molar-refractivity contribution is -0.180. The number of ether oxygens (including phenoxy) is 1. The molecule has 0 aromatic rings. The van der Waals surface area contributed by atoms with Crippen LogP contribution in [0.1, 0.15) is 123 Å². The fourth-order valence-corrected chi connectivity index (χ4v) is 3.32. The van der Waals surface area contributed by atoms with Gasteiger partial charge in [0.2, 0.25) is 0 Å². The van der Waals surface area contributed by atoms with Crippen molar-refractivity contribution in [2.24, 2.45) is 0 Å². The minimum atomic E-state index is -1.81. The van der Waals surface area contributed by atoms with Crippen molar-refractivity contribution in [2.75, 3.05) is 0 Å². The lowest BCUT2D eigenvalue weighted by Gasteiger charge is -2.25. The molecule has 2 nitrogen and oxygen atoms in total. The second-order valence-electron chi connectivity index (χ2n) is 7.60. The molecule has 0 bridgehead atoms. The van der Waals surface area contributed by atoms with E-state index in [1.54, 1.807) is 0 Å². The normalized spacial score (nSPS) is 13.3. The zero-order valence-corrected chi connectivity index (χ0v) is 17.5. The van der Waals surface area contributed by atoms with E-state index in [4.69, 9.17) is 4.74 Å². The van der Waals surface area contributed by atoms with E-state index in [1.165, 1.54) is 51.4 Å². The standard InChI is InChI=1S/C23H43FO2/c1-4-7-9-11-12-13-14-15-16-17-19-21-23(24,26-22(25)6-3)20-18-10-8-5-2/h6H,3-5,7-21H2,1-2H3. The van der Waals surface area contributed by atoms with Crippen molar-refractivity contribution < 1.29 is 13.9 Å². The van der Waals surface area contributed by atoms with Gasteiger partial charge < -0.3 is 4.74 Å². The summed E-state index contributed by atoms with van der Waals surface area (Å²) in [6.45, 7) is 7.75. The molecule has 3 heteroatoms. The van der Waals surface area contributed by atoms with Crippen molar-refractivity contribution >= 4 is 5.97 Å². The highest BCUT2D eigenvalue weighted by molar-refractivity contribution is 5.81. The van der Waals surface area contributed by atoms with E-state index < -0.39 is 11.8 Å². The Morgan fingerprint density at radius 2 is 1.12 bits per heavy atom. The predicted octanol–water partition coefficient (Wildman–Crippen LogP) is 8.05. The van der Waals surface area contributed by atoms with Crippen LogP contribution >= 0.6 is 0 Å². The number of unbranched alkanes of at least 4 members (excludes halogenated alkanes) is 13. The Kier molecular flexibility index (Phi) is 17.0. The molecule has 0 aromatic carbocycles. The highest BCUT2D eigenvalue weighted by Crippen LogP contribution is 2.29. The number of halogens is 1. The fourth-order valence-electron chi connectivity index (χ4n) is 3.32. The first kappa shape index (κ1) is 25.1. The molecule has 0 spiro atoms. The summed E-state index contributed by atoms with van der Waals surface area (Å²) in [6.07, 6.45) is 19.2. The molecule has 0 amide bonds. The Bertz CT molecular complexity index is 343. The van der Waals surface area contributed by atoms with Gasteiger partial charge in [-0.25, -0.2) is 4.79 Å². The van der Waals surface area contributed by atoms with Gasteiger partial charge in [-0.1, -0.05) is 104 Å². The van der Waals surface area contributed by atoms with Gasteiger partial charge in [-0.3, -0.25) is 0 Å². The Morgan fingerprint density at radius 1 is 0.769 bits per heavy atom. The van der Waals surface area contributed by atoms with Gasteiger partial charge in [-0.15, -0.1) is 0 Å². The monoisotopic (exact) mass is 370 g/mol. The number of hydrogen-bond acceptors (Lipinski definition) is 2. The van der Waals surface area contributed by atoms with Crippen LogP contribution in [0.3, 0.4) is 0 Å². The fraction of sp³-hybridized carbons (Fsp3) is 0.870. The zero-order chi connectivity index (χ0) is 19.5. The Labute approximate surface area is 162 Å². The van der Waals surface area contributed by atoms with E-state index in [9.17, 15) is 9.18 Å². The van der Waals surface area contributed by atoms with Crippen LogP contribution in [0.4, 0.5) is 4.39 Å². The summed E-state index contributed by atoms with van der Waals surface area (Å²) in [7, 11) is 0. The number of esters is 1. The molecule has 26 heavy (non-hydrogen) atoms. The molecule has 0 aliphatic heterocycles. The summed E-state index contributed by atoms with van der Waals surface area (Å²) < 4.78 is 20.0. The molecule has 0 radical (unpaired) electrons. The molecular weight excluding hydrogens is 327 g/mol. The van der Waals surface area contributed by atoms with E-state index in [2.05, 4.69) is 20.4 Å². The van der Waals surface area contributed by atoms with Crippen molar-refractivity contribution in [3.8, 4) is 0 Å². The maximum absolute atomic E-state index is 14.9. The van der Waals surface area contributed by atoms with Crippen LogP contribution in [0.2, 0.25) is 0 Å². The molecule has 0 rings (SSSR count). The summed E-state index contributed by atoms with van der Waals surface area (Å²) in [4.78, 5) is 11.4. The molecule has 0 aromatic heterocycles. The maximum atomic E-state index is 14.9. The number of hydrogen-bond donors (Lipinski definition) is 0. The third-order valence-corrected chi connectivity index (χ3v) is 5.01. The second-order valence-corrected chi connectivity index (χ2v) is 7.60. The van der Waals surface area contributed by atoms with Crippen molar-refractivity contribution in [1.82, 2.24) is 0 Å². The molecule has 0 fully saturated rings. The van der Waals surface area contributed by atoms with Crippen LogP contribution in [0.25, 0.3) is 0 Å². The lowest BCUT2D eigenvalue weighted by atomic mass is 10.00. The van der Waals surface area contributed by atoms with Gasteiger partial charge in [-0.2, -0.15) is 4.39 Å². The van der Waals surface area contributed by atoms with Gasteiger partial charge in [0.1, 0.15) is 0 Å². The number of carbonyl (C=O) groups excluding carboxylic acids is 1. The molecular formula is C23H43FO2. The Hall–Kier alpha value is -0.860. The predicted molar refractivity (Wildman–Crippen MR) is 110 cm³/mol. The van der Waals surface area contributed by atoms with Crippen LogP contribution in [0.15, 0.2) is 12.7 Å². The average Bonchev–Trinajstić information content (AvgIpc) is 2.63. The molecule has 154 valence electrons. The van der Waals surface area contributed by atoms with Gasteiger partial charge in [0.05, 0.1) is 0 Å². The largest absolute Gasteiger partial charge is 0.425 e. The number of alkyl halides is 1. The van der Waals surface area contributed by atoms with Crippen LogP contribution in [-0.2, 0) is 9.53 Å². The summed E-state index contributed by atoms with van der Waals surface area (Å²) in [5, 5.41) is 0. The quantitative estimate of drug-likeness (QED) is 0.131. The summed E-state index contributed by atoms with van der Waals surface area (Å²) in [5.74, 6) is -2.45. The topological polar surface area (TPSA) is 26.3 Å². The van der Waals surface area contributed by atoms with Gasteiger partial charge in [0.25, 0.3) is 5.85 Å². The third kappa shape index (κ3) is 15.4. The van der Waals surface area contributed by atoms with Crippen LogP contribution in [0, 0.1) is 0 Å². The molecule has 0 heterocycles. The molecule has 0 aliphatic rings. The number of rotatable bonds is 19. The highest BCUT2D eigenvalue weighted by Gasteiger charge is 2.32. The molecule has 1 atom stereocenters. The SMILES string of the molecule is C=CC(=O)OC(F)(CCCCCC)CCCCCCCCCCCCC. The molecule has 0 aliphatic carbocycles. The highest BCUT2D eigenvalue weighted by atomic mass is 19.2. The first-order valence-corrected chi connectivity index (χ1v) is 11.1. The first-order chi connectivity index (χ1) is 12.6. The van der Waals surface area contributed by atoms with E-state index in [0.29, 0.717) is 12.8 Å². The minimum absolute atomic E-state index is 0.310. The Balaban J connectivity index is 3.84. The summed E-state index contributed by atoms with van der Waals surface area (Å²) in [6, 6.07) is 0. The van der Waals surface area contributed by atoms with E-state index >= 15 is 0 Å². The van der Waals surface area contributed by atoms with Gasteiger partial charge in [0.15, 0.2) is 0 Å². The van der Waals surface area contributed by atoms with Crippen LogP contribution in [0.5, 0.6) is 0 Å². The molecule has 1 unspecified atom stereocenters. The second kappa shape index (κ2) is 17.5. The van der Waals surface area contributed by atoms with Gasteiger partial charge in [0, 0.05) is 18.9 Å². The number of carbonyl (C=O) groups is 1. The Morgan fingerprint density at radius 3 is 1.50 bits per heavy atom. The maximum Gasteiger partial charge on any atom is 0.332 e. The summed E-state index contributed by atoms with van der Waals surface area (Å²) in [5.41, 5.74) is 0. The van der Waals surface area contributed by atoms with Crippen LogP contribution in [-0.4, -0.2) is 11.8 Å². The van der Waals surface area contributed by atoms with Crippen molar-refractivity contribution in [1.29, 1.82) is 0 Å².